The second kappa shape index (κ2) is 8.97. The Balaban J connectivity index is 1.38. The predicted molar refractivity (Wildman–Crippen MR) is 117 cm³/mol. The molecule has 0 aliphatic carbocycles. The van der Waals surface area contributed by atoms with Crippen molar-refractivity contribution in [3.8, 4) is 11.5 Å². The summed E-state index contributed by atoms with van der Waals surface area (Å²) in [5.74, 6) is 1.60. The average molecular weight is 391 g/mol. The summed E-state index contributed by atoms with van der Waals surface area (Å²) in [6, 6.07) is 21.0. The van der Waals surface area contributed by atoms with Gasteiger partial charge in [-0.05, 0) is 29.0 Å². The molecule has 3 aromatic carbocycles. The maximum atomic E-state index is 5.43. The molecule has 1 saturated heterocycles. The van der Waals surface area contributed by atoms with Crippen LogP contribution in [0.2, 0.25) is 0 Å². The summed E-state index contributed by atoms with van der Waals surface area (Å²) in [6.07, 6.45) is 1.87. The average Bonchev–Trinajstić information content (AvgIpc) is 2.78. The molecule has 29 heavy (non-hydrogen) atoms. The molecule has 3 aromatic rings. The topological polar surface area (TPSA) is 38.5 Å². The van der Waals surface area contributed by atoms with E-state index in [2.05, 4.69) is 52.6 Å². The fraction of sp³-hybridized carbons (Fsp3) is 0.292. The summed E-state index contributed by atoms with van der Waals surface area (Å²) in [5, 5.41) is 9.52. The predicted octanol–water partition coefficient (Wildman–Crippen LogP) is 2.59. The van der Waals surface area contributed by atoms with Crippen molar-refractivity contribution in [2.45, 2.75) is 6.54 Å². The zero-order valence-electron chi connectivity index (χ0n) is 17.1. The number of hydrogen-bond donors (Lipinski definition) is 1. The van der Waals surface area contributed by atoms with Gasteiger partial charge in [0.15, 0.2) is 0 Å². The van der Waals surface area contributed by atoms with E-state index in [-0.39, 0.29) is 0 Å². The van der Waals surface area contributed by atoms with Crippen LogP contribution in [0.5, 0.6) is 11.5 Å². The van der Waals surface area contributed by atoms with Gasteiger partial charge >= 0.3 is 0 Å². The first-order valence-electron chi connectivity index (χ1n) is 10.1. The molecule has 5 nitrogen and oxygen atoms in total. The molecule has 1 fully saturated rings. The number of nitrogens with one attached hydrogen (secondary N) is 1. The molecule has 1 heterocycles. The van der Waals surface area contributed by atoms with Crippen LogP contribution in [0.15, 0.2) is 65.8 Å². The first kappa shape index (κ1) is 19.3. The molecule has 4 rings (SSSR count). The molecule has 1 N–H and O–H groups in total. The lowest BCUT2D eigenvalue weighted by atomic mass is 10.0. The van der Waals surface area contributed by atoms with Crippen LogP contribution >= 0.6 is 0 Å². The van der Waals surface area contributed by atoms with Gasteiger partial charge in [-0.25, -0.2) is 0 Å². The summed E-state index contributed by atoms with van der Waals surface area (Å²) in [6.45, 7) is 5.11. The molecule has 0 amide bonds. The molecule has 0 aromatic heterocycles. The Labute approximate surface area is 172 Å². The zero-order valence-corrected chi connectivity index (χ0v) is 17.1. The summed E-state index contributed by atoms with van der Waals surface area (Å²) in [5.41, 5.74) is 2.36. The van der Waals surface area contributed by atoms with E-state index >= 15 is 0 Å². The van der Waals surface area contributed by atoms with Gasteiger partial charge < -0.3 is 14.4 Å². The van der Waals surface area contributed by atoms with E-state index in [0.29, 0.717) is 0 Å². The molecule has 0 saturated carbocycles. The first-order valence-corrected chi connectivity index (χ1v) is 10.1. The molecule has 150 valence electrons. The maximum Gasteiger partial charge on any atom is 0.127 e. The van der Waals surface area contributed by atoms with E-state index < -0.39 is 0 Å². The Morgan fingerprint density at radius 1 is 0.966 bits per heavy atom. The number of methoxy groups -OCH3 is 2. The summed E-state index contributed by atoms with van der Waals surface area (Å²) >= 11 is 0. The van der Waals surface area contributed by atoms with Crippen molar-refractivity contribution in [2.24, 2.45) is 5.10 Å². The highest BCUT2D eigenvalue weighted by atomic mass is 16.5. The van der Waals surface area contributed by atoms with Gasteiger partial charge in [0.05, 0.1) is 46.6 Å². The Bertz CT molecular complexity index is 989. The minimum Gasteiger partial charge on any atom is -0.497 e. The van der Waals surface area contributed by atoms with Crippen molar-refractivity contribution in [1.82, 2.24) is 5.01 Å². The van der Waals surface area contributed by atoms with E-state index in [1.165, 1.54) is 16.3 Å². The molecule has 1 aliphatic heterocycles. The van der Waals surface area contributed by atoms with Crippen molar-refractivity contribution in [3.05, 3.63) is 71.8 Å². The molecule has 0 spiro atoms. The van der Waals surface area contributed by atoms with Crippen LogP contribution in [0.1, 0.15) is 11.1 Å². The summed E-state index contributed by atoms with van der Waals surface area (Å²) in [7, 11) is 3.34. The van der Waals surface area contributed by atoms with Gasteiger partial charge in [0.1, 0.15) is 18.0 Å². The van der Waals surface area contributed by atoms with Crippen LogP contribution < -0.4 is 14.4 Å². The van der Waals surface area contributed by atoms with Gasteiger partial charge in [0.2, 0.25) is 0 Å². The largest absolute Gasteiger partial charge is 0.497 e. The Morgan fingerprint density at radius 3 is 2.55 bits per heavy atom. The third kappa shape index (κ3) is 4.51. The first-order chi connectivity index (χ1) is 14.3. The smallest absolute Gasteiger partial charge is 0.127 e. The third-order valence-electron chi connectivity index (χ3n) is 5.56. The minimum atomic E-state index is 0.801. The van der Waals surface area contributed by atoms with E-state index in [9.17, 15) is 0 Å². The molecule has 1 aliphatic rings. The van der Waals surface area contributed by atoms with Crippen LogP contribution in [0.3, 0.4) is 0 Å². The third-order valence-corrected chi connectivity index (χ3v) is 5.56. The molecule has 0 atom stereocenters. The van der Waals surface area contributed by atoms with Crippen LogP contribution in [0.4, 0.5) is 0 Å². The fourth-order valence-electron chi connectivity index (χ4n) is 3.90. The fourth-order valence-corrected chi connectivity index (χ4v) is 3.90. The minimum absolute atomic E-state index is 0.801. The van der Waals surface area contributed by atoms with Crippen molar-refractivity contribution in [3.63, 3.8) is 0 Å². The van der Waals surface area contributed by atoms with Gasteiger partial charge in [0.25, 0.3) is 0 Å². The lowest BCUT2D eigenvalue weighted by Gasteiger charge is -2.30. The molecule has 0 unspecified atom stereocenters. The van der Waals surface area contributed by atoms with Crippen LogP contribution in [0.25, 0.3) is 10.8 Å². The van der Waals surface area contributed by atoms with E-state index in [1.807, 2.05) is 24.4 Å². The standard InChI is InChI=1S/C24H27N3O2/c1-28-22-10-11-24(29-2)21(16-22)17-25-27-14-12-26(13-15-27)18-20-8-5-7-19-6-3-4-9-23(19)20/h3-11,16-17H,12-15,18H2,1-2H3/p+1. The number of benzene rings is 3. The van der Waals surface area contributed by atoms with Crippen molar-refractivity contribution >= 4 is 17.0 Å². The van der Waals surface area contributed by atoms with E-state index in [4.69, 9.17) is 9.47 Å². The number of ether oxygens (including phenoxy) is 2. The number of hydrogen-bond acceptors (Lipinski definition) is 4. The molecular weight excluding hydrogens is 362 g/mol. The Hall–Kier alpha value is -3.05. The van der Waals surface area contributed by atoms with E-state index in [0.717, 1.165) is 49.8 Å². The summed E-state index contributed by atoms with van der Waals surface area (Å²) in [4.78, 5) is 1.60. The molecule has 5 heteroatoms. The molecular formula is C24H28N3O2+. The number of hydrazone groups is 1. The number of rotatable bonds is 6. The maximum absolute atomic E-state index is 5.43. The second-order valence-corrected chi connectivity index (χ2v) is 7.37. The monoisotopic (exact) mass is 390 g/mol. The van der Waals surface area contributed by atoms with Gasteiger partial charge in [-0.15, -0.1) is 0 Å². The zero-order chi connectivity index (χ0) is 20.1. The number of quaternary nitrogens is 1. The SMILES string of the molecule is COc1ccc(OC)c(C=NN2CC[NH+](Cc3cccc4ccccc34)CC2)c1. The second-order valence-electron chi connectivity index (χ2n) is 7.37. The van der Waals surface area contributed by atoms with Crippen LogP contribution in [-0.4, -0.2) is 51.6 Å². The molecule has 0 radical (unpaired) electrons. The van der Waals surface area contributed by atoms with Crippen molar-refractivity contribution < 1.29 is 14.4 Å². The highest BCUT2D eigenvalue weighted by Gasteiger charge is 2.19. The normalized spacial score (nSPS) is 15.2. The number of nitrogens with zero attached hydrogens (tertiary/aromatic N) is 2. The Morgan fingerprint density at radius 2 is 1.76 bits per heavy atom. The lowest BCUT2D eigenvalue weighted by molar-refractivity contribution is -0.918. The van der Waals surface area contributed by atoms with Crippen molar-refractivity contribution in [2.75, 3.05) is 40.4 Å². The van der Waals surface area contributed by atoms with Gasteiger partial charge in [-0.1, -0.05) is 42.5 Å². The van der Waals surface area contributed by atoms with Crippen molar-refractivity contribution in [1.29, 1.82) is 0 Å². The number of piperazine rings is 1. The highest BCUT2D eigenvalue weighted by molar-refractivity contribution is 5.85. The van der Waals surface area contributed by atoms with Gasteiger partial charge in [0, 0.05) is 11.1 Å². The molecule has 0 bridgehead atoms. The summed E-state index contributed by atoms with van der Waals surface area (Å²) < 4.78 is 10.7. The van der Waals surface area contributed by atoms with Gasteiger partial charge in [-0.3, -0.25) is 5.01 Å². The van der Waals surface area contributed by atoms with Crippen LogP contribution in [0, 0.1) is 0 Å². The quantitative estimate of drug-likeness (QED) is 0.658. The van der Waals surface area contributed by atoms with Gasteiger partial charge in [-0.2, -0.15) is 5.10 Å². The Kier molecular flexibility index (Phi) is 5.96. The van der Waals surface area contributed by atoms with E-state index in [1.54, 1.807) is 19.1 Å². The lowest BCUT2D eigenvalue weighted by Crippen LogP contribution is -3.13. The van der Waals surface area contributed by atoms with Crippen LogP contribution in [-0.2, 0) is 6.54 Å². The number of fused-ring (bicyclic) bond motifs is 1. The highest BCUT2D eigenvalue weighted by Crippen LogP contribution is 2.22.